The molecule has 0 N–H and O–H groups in total. The van der Waals surface area contributed by atoms with E-state index in [1.165, 1.54) is 41.3 Å². The Morgan fingerprint density at radius 1 is 0.692 bits per heavy atom. The third-order valence-electron chi connectivity index (χ3n) is 12.0. The lowest BCUT2D eigenvalue weighted by atomic mass is 9.79. The van der Waals surface area contributed by atoms with Crippen molar-refractivity contribution < 1.29 is 42.8 Å². The predicted molar refractivity (Wildman–Crippen MR) is 256 cm³/mol. The average Bonchev–Trinajstić information content (AvgIpc) is 3.26. The van der Waals surface area contributed by atoms with Gasteiger partial charge in [0.1, 0.15) is 11.0 Å². The molecule has 0 unspecified atom stereocenters. The summed E-state index contributed by atoms with van der Waals surface area (Å²) in [5.74, 6) is -4.53. The number of rotatable bonds is 14. The van der Waals surface area contributed by atoms with E-state index in [-0.39, 0.29) is 45.0 Å². The molecule has 0 aromatic heterocycles. The van der Waals surface area contributed by atoms with Crippen LogP contribution in [0, 0.1) is 16.0 Å². The molecule has 0 spiro atoms. The van der Waals surface area contributed by atoms with Crippen LogP contribution < -0.4 is 15.9 Å². The van der Waals surface area contributed by atoms with Crippen LogP contribution in [0.5, 0.6) is 0 Å². The Morgan fingerprint density at radius 3 is 1.55 bits per heavy atom. The minimum atomic E-state index is -3.55. The smallest absolute Gasteiger partial charge is 0.363 e. The molecule has 14 heteroatoms. The number of carbonyl (C=O) groups excluding carboxylic acids is 5. The molecule has 1 fully saturated rings. The Labute approximate surface area is 381 Å². The number of ketones is 1. The van der Waals surface area contributed by atoms with Gasteiger partial charge in [-0.15, -0.1) is 0 Å². The number of nitro groups is 1. The molecule has 5 aromatic carbocycles. The van der Waals surface area contributed by atoms with Crippen molar-refractivity contribution in [3.63, 3.8) is 0 Å². The van der Waals surface area contributed by atoms with Gasteiger partial charge in [0.25, 0.3) is 5.69 Å². The van der Waals surface area contributed by atoms with Crippen molar-refractivity contribution in [3.8, 4) is 0 Å². The lowest BCUT2D eigenvalue weighted by Crippen LogP contribution is -2.69. The summed E-state index contributed by atoms with van der Waals surface area (Å²) in [7, 11) is -2.52. The van der Waals surface area contributed by atoms with E-state index in [2.05, 4.69) is 33.9 Å². The highest BCUT2D eigenvalue weighted by molar-refractivity contribution is 7.96. The second-order valence-electron chi connectivity index (χ2n) is 18.6. The first-order valence-corrected chi connectivity index (χ1v) is 26.1. The zero-order valence-electron chi connectivity index (χ0n) is 38.1. The fourth-order valence-electron chi connectivity index (χ4n) is 7.79. The topological polar surface area (TPSA) is 159 Å². The summed E-state index contributed by atoms with van der Waals surface area (Å²) in [6.45, 7) is 14.0. The van der Waals surface area contributed by atoms with Crippen LogP contribution in [0.2, 0.25) is 18.1 Å². The third-order valence-corrected chi connectivity index (χ3v) is 20.8. The van der Waals surface area contributed by atoms with Gasteiger partial charge in [-0.25, -0.2) is 14.4 Å². The van der Waals surface area contributed by atoms with E-state index in [1.807, 2.05) is 97.9 Å². The number of amides is 1. The predicted octanol–water partition coefficient (Wildman–Crippen LogP) is 8.87. The van der Waals surface area contributed by atoms with Gasteiger partial charge in [-0.1, -0.05) is 124 Å². The van der Waals surface area contributed by atoms with Crippen LogP contribution in [0.4, 0.5) is 5.69 Å². The number of hydrogen-bond donors (Lipinski definition) is 0. The zero-order chi connectivity index (χ0) is 47.5. The summed E-state index contributed by atoms with van der Waals surface area (Å²) in [4.78, 5) is 84.5. The van der Waals surface area contributed by atoms with Gasteiger partial charge in [0.2, 0.25) is 5.91 Å². The summed E-state index contributed by atoms with van der Waals surface area (Å²) in [5.41, 5.74) is -0.734. The molecule has 0 saturated carbocycles. The van der Waals surface area contributed by atoms with Crippen molar-refractivity contribution in [1.82, 2.24) is 4.90 Å². The molecule has 1 saturated heterocycles. The van der Waals surface area contributed by atoms with E-state index in [4.69, 9.17) is 13.9 Å². The Balaban J connectivity index is 1.60. The van der Waals surface area contributed by atoms with Gasteiger partial charge < -0.3 is 18.8 Å². The Morgan fingerprint density at radius 2 is 1.12 bits per heavy atom. The maximum absolute atomic E-state index is 15.5. The van der Waals surface area contributed by atoms with Gasteiger partial charge in [0.15, 0.2) is 14.1 Å². The van der Waals surface area contributed by atoms with E-state index in [0.29, 0.717) is 15.9 Å². The minimum Gasteiger partial charge on any atom is -0.456 e. The average molecular weight is 915 g/mol. The van der Waals surface area contributed by atoms with Gasteiger partial charge in [-0.2, -0.15) is 0 Å². The summed E-state index contributed by atoms with van der Waals surface area (Å²) in [6.07, 6.45) is -0.970. The molecule has 1 aliphatic heterocycles. The monoisotopic (exact) mass is 914 g/mol. The molecule has 1 aliphatic rings. The highest BCUT2D eigenvalue weighted by atomic mass is 31.2. The van der Waals surface area contributed by atoms with E-state index >= 15 is 9.59 Å². The van der Waals surface area contributed by atoms with Crippen LogP contribution in [-0.2, 0) is 23.5 Å². The number of nitrogens with zero attached hydrogens (tertiary/aromatic N) is 2. The Hall–Kier alpha value is -6.27. The SMILES string of the molecule is C[C@H](O[Si](C)(C)C(C)(C)C)[C@H]1C(=O)N(C(C(=O)OC(=O)c2ccc([N+](=O)[O-])cc2)=P(c2ccccc2)(c2ccccc2)c2ccccc2)[C@@H]1CC(=O)c1ccc(C(=O)OC(C)(C)C)cc1. The van der Waals surface area contributed by atoms with Crippen LogP contribution in [0.1, 0.15) is 86.0 Å². The van der Waals surface area contributed by atoms with Gasteiger partial charge in [-0.3, -0.25) is 19.7 Å². The highest BCUT2D eigenvalue weighted by Gasteiger charge is 2.57. The molecule has 12 nitrogen and oxygen atoms in total. The van der Waals surface area contributed by atoms with Crippen LogP contribution in [0.3, 0.4) is 0 Å². The quantitative estimate of drug-likeness (QED) is 0.0154. The maximum Gasteiger partial charge on any atom is 0.363 e. The van der Waals surface area contributed by atoms with Crippen molar-refractivity contribution in [2.45, 2.75) is 90.8 Å². The molecule has 3 atom stereocenters. The standard InChI is InChI=1S/C51H55N2O10PSi/c1-34(63-65(8,9)51(5,6)7)44-42(33-43(54)35-25-27-37(28-26-35)48(57)62-50(2,3)4)52(45(44)55)46(49(58)61-47(56)36-29-31-38(32-30-36)53(59)60)64(39-19-13-10-14-20-39,40-21-15-11-16-22-40)41-23-17-12-18-24-41/h10-32,34,42,44H,33H2,1-9H3/t34-,42+,44+/m0/s1. The number of non-ortho nitro benzene ring substituents is 1. The van der Waals surface area contributed by atoms with E-state index < -0.39 is 67.6 Å². The Kier molecular flexibility index (Phi) is 14.1. The second kappa shape index (κ2) is 19.1. The van der Waals surface area contributed by atoms with Crippen molar-refractivity contribution in [2.75, 3.05) is 0 Å². The molecule has 0 bridgehead atoms. The fraction of sp³-hybridized carbons (Fsp3) is 0.294. The molecule has 0 aliphatic carbocycles. The van der Waals surface area contributed by atoms with Crippen LogP contribution in [0.15, 0.2) is 140 Å². The number of benzene rings is 5. The van der Waals surface area contributed by atoms with Crippen molar-refractivity contribution in [2.24, 2.45) is 5.92 Å². The molecule has 6 rings (SSSR count). The lowest BCUT2D eigenvalue weighted by Gasteiger charge is -2.52. The molecule has 0 radical (unpaired) electrons. The van der Waals surface area contributed by atoms with Crippen molar-refractivity contribution >= 4 is 71.8 Å². The molecular formula is C51H55N2O10PSi. The first-order valence-electron chi connectivity index (χ1n) is 21.4. The van der Waals surface area contributed by atoms with Crippen LogP contribution in [-0.4, -0.2) is 70.9 Å². The van der Waals surface area contributed by atoms with Gasteiger partial charge in [-0.05, 0) is 86.0 Å². The second-order valence-corrected chi connectivity index (χ2v) is 26.6. The molecule has 1 amide bonds. The Bertz CT molecular complexity index is 2540. The maximum atomic E-state index is 15.5. The largest absolute Gasteiger partial charge is 0.456 e. The third kappa shape index (κ3) is 10.2. The first kappa shape index (κ1) is 48.2. The van der Waals surface area contributed by atoms with Crippen LogP contribution >= 0.6 is 6.89 Å². The van der Waals surface area contributed by atoms with Gasteiger partial charge >= 0.3 is 17.9 Å². The number of nitro benzene ring substituents is 1. The number of likely N-dealkylation sites (tertiary alicyclic amines) is 1. The summed E-state index contributed by atoms with van der Waals surface area (Å²) in [6, 6.07) is 37.5. The number of ether oxygens (including phenoxy) is 2. The number of carbonyl (C=O) groups is 5. The van der Waals surface area contributed by atoms with Gasteiger partial charge in [0.05, 0.1) is 34.1 Å². The zero-order valence-corrected chi connectivity index (χ0v) is 40.0. The van der Waals surface area contributed by atoms with Crippen LogP contribution in [0.25, 0.3) is 0 Å². The van der Waals surface area contributed by atoms with Crippen molar-refractivity contribution in [1.29, 1.82) is 0 Å². The lowest BCUT2D eigenvalue weighted by molar-refractivity contribution is -0.384. The van der Waals surface area contributed by atoms with Gasteiger partial charge in [0, 0.05) is 31.0 Å². The first-order chi connectivity index (χ1) is 30.6. The number of hydrogen-bond acceptors (Lipinski definition) is 10. The summed E-state index contributed by atoms with van der Waals surface area (Å²) in [5, 5.41) is 13.2. The minimum absolute atomic E-state index is 0.128. The number of Topliss-reactive ketones (excluding diaryl/α,β-unsaturated/α-hetero) is 1. The van der Waals surface area contributed by atoms with E-state index in [1.54, 1.807) is 20.8 Å². The fourth-order valence-corrected chi connectivity index (χ4v) is 13.6. The number of esters is 3. The van der Waals surface area contributed by atoms with Crippen molar-refractivity contribution in [3.05, 3.63) is 166 Å². The summed E-state index contributed by atoms with van der Waals surface area (Å²) >= 11 is 0. The molecular weight excluding hydrogens is 860 g/mol. The normalized spacial score (nSPS) is 15.9. The summed E-state index contributed by atoms with van der Waals surface area (Å²) < 4.78 is 18.2. The molecule has 65 heavy (non-hydrogen) atoms. The molecule has 5 aromatic rings. The molecule has 338 valence electrons. The highest BCUT2D eigenvalue weighted by Crippen LogP contribution is 2.51. The van der Waals surface area contributed by atoms with E-state index in [9.17, 15) is 24.5 Å². The molecule has 1 heterocycles. The number of β-lactam (4-membered cyclic amide) rings is 1. The van der Waals surface area contributed by atoms with E-state index in [0.717, 1.165) is 12.1 Å².